The van der Waals surface area contributed by atoms with Gasteiger partial charge in [-0.15, -0.1) is 0 Å². The zero-order valence-electron chi connectivity index (χ0n) is 11.5. The van der Waals surface area contributed by atoms with E-state index in [2.05, 4.69) is 36.5 Å². The van der Waals surface area contributed by atoms with Crippen molar-refractivity contribution in [2.45, 2.75) is 51.7 Å². The fourth-order valence-electron chi connectivity index (χ4n) is 2.48. The van der Waals surface area contributed by atoms with E-state index in [0.29, 0.717) is 6.10 Å². The molecule has 2 heteroatoms. The first-order valence-electron chi connectivity index (χ1n) is 7.28. The van der Waals surface area contributed by atoms with Crippen LogP contribution in [0.5, 0.6) is 0 Å². The molecule has 1 aromatic rings. The SMILES string of the molecule is CCc1ccc(CNCCOC2CCCC2)cc1. The van der Waals surface area contributed by atoms with E-state index in [0.717, 1.165) is 26.1 Å². The molecule has 100 valence electrons. The Morgan fingerprint density at radius 3 is 2.44 bits per heavy atom. The van der Waals surface area contributed by atoms with Crippen LogP contribution in [0.3, 0.4) is 0 Å². The van der Waals surface area contributed by atoms with E-state index < -0.39 is 0 Å². The maximum Gasteiger partial charge on any atom is 0.0594 e. The highest BCUT2D eigenvalue weighted by atomic mass is 16.5. The number of benzene rings is 1. The molecular formula is C16H25NO. The minimum absolute atomic E-state index is 0.538. The van der Waals surface area contributed by atoms with Crippen LogP contribution in [0.15, 0.2) is 24.3 Å². The Bertz CT molecular complexity index is 327. The van der Waals surface area contributed by atoms with Gasteiger partial charge in [-0.05, 0) is 30.4 Å². The molecule has 1 saturated carbocycles. The summed E-state index contributed by atoms with van der Waals surface area (Å²) in [5.74, 6) is 0. The number of ether oxygens (including phenoxy) is 1. The van der Waals surface area contributed by atoms with Crippen LogP contribution in [0.25, 0.3) is 0 Å². The lowest BCUT2D eigenvalue weighted by Gasteiger charge is -2.11. The molecule has 1 aliphatic rings. The topological polar surface area (TPSA) is 21.3 Å². The van der Waals surface area contributed by atoms with Crippen molar-refractivity contribution in [2.75, 3.05) is 13.2 Å². The van der Waals surface area contributed by atoms with Gasteiger partial charge in [0.15, 0.2) is 0 Å². The predicted molar refractivity (Wildman–Crippen MR) is 75.7 cm³/mol. The maximum atomic E-state index is 5.81. The van der Waals surface area contributed by atoms with E-state index in [1.54, 1.807) is 0 Å². The third-order valence-electron chi connectivity index (χ3n) is 3.69. The van der Waals surface area contributed by atoms with Crippen molar-refractivity contribution >= 4 is 0 Å². The van der Waals surface area contributed by atoms with Gasteiger partial charge in [-0.1, -0.05) is 44.0 Å². The Labute approximate surface area is 111 Å². The van der Waals surface area contributed by atoms with Crippen molar-refractivity contribution in [1.82, 2.24) is 5.32 Å². The molecule has 0 bridgehead atoms. The van der Waals surface area contributed by atoms with E-state index in [1.807, 2.05) is 0 Å². The fourth-order valence-corrected chi connectivity index (χ4v) is 2.48. The Hall–Kier alpha value is -0.860. The van der Waals surface area contributed by atoms with Crippen LogP contribution < -0.4 is 5.32 Å². The first kappa shape index (κ1) is 13.6. The molecular weight excluding hydrogens is 222 g/mol. The van der Waals surface area contributed by atoms with E-state index in [1.165, 1.54) is 36.8 Å². The van der Waals surface area contributed by atoms with Crippen molar-refractivity contribution in [3.05, 3.63) is 35.4 Å². The van der Waals surface area contributed by atoms with Crippen molar-refractivity contribution in [3.63, 3.8) is 0 Å². The third-order valence-corrected chi connectivity index (χ3v) is 3.69. The lowest BCUT2D eigenvalue weighted by molar-refractivity contribution is 0.0603. The molecule has 0 spiro atoms. The number of nitrogens with one attached hydrogen (secondary N) is 1. The Morgan fingerprint density at radius 2 is 1.78 bits per heavy atom. The second-order valence-corrected chi connectivity index (χ2v) is 5.12. The van der Waals surface area contributed by atoms with Gasteiger partial charge < -0.3 is 10.1 Å². The van der Waals surface area contributed by atoms with Crippen LogP contribution in [0.4, 0.5) is 0 Å². The molecule has 2 nitrogen and oxygen atoms in total. The first-order chi connectivity index (χ1) is 8.88. The van der Waals surface area contributed by atoms with Gasteiger partial charge >= 0.3 is 0 Å². The first-order valence-corrected chi connectivity index (χ1v) is 7.28. The van der Waals surface area contributed by atoms with E-state index in [9.17, 15) is 0 Å². The third kappa shape index (κ3) is 4.43. The molecule has 1 aliphatic carbocycles. The van der Waals surface area contributed by atoms with Gasteiger partial charge in [0.1, 0.15) is 0 Å². The van der Waals surface area contributed by atoms with Gasteiger partial charge in [-0.25, -0.2) is 0 Å². The van der Waals surface area contributed by atoms with E-state index in [4.69, 9.17) is 4.74 Å². The molecule has 0 aromatic heterocycles. The minimum atomic E-state index is 0.538. The van der Waals surface area contributed by atoms with Crippen LogP contribution >= 0.6 is 0 Å². The highest BCUT2D eigenvalue weighted by molar-refractivity contribution is 5.22. The average Bonchev–Trinajstić information content (AvgIpc) is 2.92. The predicted octanol–water partition coefficient (Wildman–Crippen LogP) is 3.30. The monoisotopic (exact) mass is 247 g/mol. The second-order valence-electron chi connectivity index (χ2n) is 5.12. The Balaban J connectivity index is 1.56. The molecule has 0 amide bonds. The lowest BCUT2D eigenvalue weighted by atomic mass is 10.1. The van der Waals surface area contributed by atoms with Crippen LogP contribution in [-0.4, -0.2) is 19.3 Å². The average molecular weight is 247 g/mol. The lowest BCUT2D eigenvalue weighted by Crippen LogP contribution is -2.21. The molecule has 0 radical (unpaired) electrons. The molecule has 0 aliphatic heterocycles. The summed E-state index contributed by atoms with van der Waals surface area (Å²) in [6.07, 6.45) is 6.87. The van der Waals surface area contributed by atoms with Crippen molar-refractivity contribution in [1.29, 1.82) is 0 Å². The summed E-state index contributed by atoms with van der Waals surface area (Å²) in [6.45, 7) is 4.93. The maximum absolute atomic E-state index is 5.81. The van der Waals surface area contributed by atoms with Gasteiger partial charge in [-0.3, -0.25) is 0 Å². The van der Waals surface area contributed by atoms with Crippen LogP contribution in [-0.2, 0) is 17.7 Å². The number of hydrogen-bond donors (Lipinski definition) is 1. The highest BCUT2D eigenvalue weighted by Crippen LogP contribution is 2.20. The zero-order valence-corrected chi connectivity index (χ0v) is 11.5. The van der Waals surface area contributed by atoms with Gasteiger partial charge in [0.2, 0.25) is 0 Å². The van der Waals surface area contributed by atoms with Crippen LogP contribution in [0.1, 0.15) is 43.7 Å². The number of hydrogen-bond acceptors (Lipinski definition) is 2. The Morgan fingerprint density at radius 1 is 1.11 bits per heavy atom. The van der Waals surface area contributed by atoms with Crippen molar-refractivity contribution in [3.8, 4) is 0 Å². The molecule has 0 heterocycles. The van der Waals surface area contributed by atoms with E-state index in [-0.39, 0.29) is 0 Å². The molecule has 1 aromatic carbocycles. The normalized spacial score (nSPS) is 16.3. The molecule has 1 N–H and O–H groups in total. The number of aryl methyl sites for hydroxylation is 1. The summed E-state index contributed by atoms with van der Waals surface area (Å²) in [5, 5.41) is 3.44. The Kier molecular flexibility index (Phi) is 5.69. The van der Waals surface area contributed by atoms with Crippen molar-refractivity contribution in [2.24, 2.45) is 0 Å². The minimum Gasteiger partial charge on any atom is -0.377 e. The fraction of sp³-hybridized carbons (Fsp3) is 0.625. The van der Waals surface area contributed by atoms with Crippen LogP contribution in [0.2, 0.25) is 0 Å². The summed E-state index contributed by atoms with van der Waals surface area (Å²) >= 11 is 0. The summed E-state index contributed by atoms with van der Waals surface area (Å²) in [5.41, 5.74) is 2.76. The van der Waals surface area contributed by atoms with E-state index >= 15 is 0 Å². The van der Waals surface area contributed by atoms with Crippen molar-refractivity contribution < 1.29 is 4.74 Å². The summed E-state index contributed by atoms with van der Waals surface area (Å²) in [4.78, 5) is 0. The largest absolute Gasteiger partial charge is 0.377 e. The molecule has 0 atom stereocenters. The molecule has 2 rings (SSSR count). The van der Waals surface area contributed by atoms with Gasteiger partial charge in [0.05, 0.1) is 12.7 Å². The van der Waals surface area contributed by atoms with Crippen LogP contribution in [0, 0.1) is 0 Å². The zero-order chi connectivity index (χ0) is 12.6. The summed E-state index contributed by atoms with van der Waals surface area (Å²) < 4.78 is 5.81. The molecule has 0 unspecified atom stereocenters. The standard InChI is InChI=1S/C16H25NO/c1-2-14-7-9-15(10-8-14)13-17-11-12-18-16-5-3-4-6-16/h7-10,16-17H,2-6,11-13H2,1H3. The molecule has 18 heavy (non-hydrogen) atoms. The van der Waals surface area contributed by atoms with Gasteiger partial charge in [0.25, 0.3) is 0 Å². The molecule has 1 fully saturated rings. The highest BCUT2D eigenvalue weighted by Gasteiger charge is 2.14. The molecule has 0 saturated heterocycles. The van der Waals surface area contributed by atoms with Gasteiger partial charge in [0, 0.05) is 13.1 Å². The summed E-state index contributed by atoms with van der Waals surface area (Å²) in [6, 6.07) is 8.85. The quantitative estimate of drug-likeness (QED) is 0.746. The summed E-state index contributed by atoms with van der Waals surface area (Å²) in [7, 11) is 0. The van der Waals surface area contributed by atoms with Gasteiger partial charge in [-0.2, -0.15) is 0 Å². The number of rotatable bonds is 7. The smallest absolute Gasteiger partial charge is 0.0594 e. The second kappa shape index (κ2) is 7.55.